The Labute approximate surface area is 120 Å². The SMILES string of the molecule is CCCSc1ccc(B2OC(C)(C)C(C)(C)O2)cn1. The molecule has 5 heteroatoms. The van der Waals surface area contributed by atoms with Crippen molar-refractivity contribution in [1.29, 1.82) is 0 Å². The molecule has 0 saturated carbocycles. The van der Waals surface area contributed by atoms with E-state index in [4.69, 9.17) is 9.31 Å². The zero-order chi connectivity index (χ0) is 14.1. The lowest BCUT2D eigenvalue weighted by atomic mass is 9.80. The van der Waals surface area contributed by atoms with Gasteiger partial charge in [-0.05, 0) is 45.9 Å². The molecular formula is C14H22BNO2S. The third-order valence-electron chi connectivity index (χ3n) is 3.74. The second kappa shape index (κ2) is 5.47. The van der Waals surface area contributed by atoms with Gasteiger partial charge in [-0.1, -0.05) is 13.0 Å². The number of pyridine rings is 1. The molecule has 0 atom stereocenters. The Morgan fingerprint density at radius 2 is 1.79 bits per heavy atom. The Kier molecular flexibility index (Phi) is 4.28. The maximum absolute atomic E-state index is 6.00. The third-order valence-corrected chi connectivity index (χ3v) is 4.89. The van der Waals surface area contributed by atoms with Gasteiger partial charge in [0.2, 0.25) is 0 Å². The number of nitrogens with zero attached hydrogens (tertiary/aromatic N) is 1. The lowest BCUT2D eigenvalue weighted by Gasteiger charge is -2.32. The van der Waals surface area contributed by atoms with E-state index in [9.17, 15) is 0 Å². The van der Waals surface area contributed by atoms with Gasteiger partial charge in [0.15, 0.2) is 0 Å². The minimum atomic E-state index is -0.317. The molecule has 0 radical (unpaired) electrons. The average molecular weight is 279 g/mol. The maximum atomic E-state index is 6.00. The smallest absolute Gasteiger partial charge is 0.399 e. The Hall–Kier alpha value is -0.515. The van der Waals surface area contributed by atoms with Crippen LogP contribution in [0.15, 0.2) is 23.4 Å². The first-order valence-corrected chi connectivity index (χ1v) is 7.78. The van der Waals surface area contributed by atoms with Crippen molar-refractivity contribution < 1.29 is 9.31 Å². The summed E-state index contributed by atoms with van der Waals surface area (Å²) in [5, 5.41) is 1.06. The van der Waals surface area contributed by atoms with E-state index >= 15 is 0 Å². The van der Waals surface area contributed by atoms with Gasteiger partial charge in [-0.2, -0.15) is 0 Å². The molecule has 3 nitrogen and oxygen atoms in total. The van der Waals surface area contributed by atoms with Crippen molar-refractivity contribution in [2.24, 2.45) is 0 Å². The van der Waals surface area contributed by atoms with Gasteiger partial charge in [0, 0.05) is 11.7 Å². The molecule has 0 bridgehead atoms. The van der Waals surface area contributed by atoms with Crippen molar-refractivity contribution in [1.82, 2.24) is 4.98 Å². The number of hydrogen-bond acceptors (Lipinski definition) is 4. The van der Waals surface area contributed by atoms with Gasteiger partial charge in [0.25, 0.3) is 0 Å². The second-order valence-electron chi connectivity index (χ2n) is 5.87. The van der Waals surface area contributed by atoms with Crippen molar-refractivity contribution in [3.05, 3.63) is 18.3 Å². The van der Waals surface area contributed by atoms with Crippen LogP contribution in [-0.4, -0.2) is 29.1 Å². The zero-order valence-electron chi connectivity index (χ0n) is 12.4. The normalized spacial score (nSPS) is 20.8. The average Bonchev–Trinajstić information content (AvgIpc) is 2.56. The summed E-state index contributed by atoms with van der Waals surface area (Å²) in [7, 11) is -0.317. The Balaban J connectivity index is 2.08. The molecule has 2 heterocycles. The summed E-state index contributed by atoms with van der Waals surface area (Å²) in [4.78, 5) is 4.46. The van der Waals surface area contributed by atoms with E-state index in [1.807, 2.05) is 18.3 Å². The van der Waals surface area contributed by atoms with Crippen LogP contribution in [0.1, 0.15) is 41.0 Å². The molecule has 1 aliphatic heterocycles. The highest BCUT2D eigenvalue weighted by atomic mass is 32.2. The number of aromatic nitrogens is 1. The van der Waals surface area contributed by atoms with E-state index in [0.29, 0.717) is 0 Å². The number of thioether (sulfide) groups is 1. The van der Waals surface area contributed by atoms with Gasteiger partial charge in [0.05, 0.1) is 16.2 Å². The fraction of sp³-hybridized carbons (Fsp3) is 0.643. The third kappa shape index (κ3) is 3.15. The molecule has 0 unspecified atom stereocenters. The lowest BCUT2D eigenvalue weighted by Crippen LogP contribution is -2.41. The van der Waals surface area contributed by atoms with Crippen molar-refractivity contribution in [3.63, 3.8) is 0 Å². The predicted octanol–water partition coefficient (Wildman–Crippen LogP) is 2.88. The molecule has 1 aromatic rings. The lowest BCUT2D eigenvalue weighted by molar-refractivity contribution is 0.00578. The monoisotopic (exact) mass is 279 g/mol. The van der Waals surface area contributed by atoms with Crippen LogP contribution in [0.2, 0.25) is 0 Å². The molecule has 1 aromatic heterocycles. The van der Waals surface area contributed by atoms with Crippen LogP contribution in [0.4, 0.5) is 0 Å². The molecule has 19 heavy (non-hydrogen) atoms. The van der Waals surface area contributed by atoms with Crippen molar-refractivity contribution in [2.75, 3.05) is 5.75 Å². The van der Waals surface area contributed by atoms with Crippen molar-refractivity contribution in [3.8, 4) is 0 Å². The van der Waals surface area contributed by atoms with Crippen molar-refractivity contribution >= 4 is 24.3 Å². The quantitative estimate of drug-likeness (QED) is 0.626. The largest absolute Gasteiger partial charge is 0.496 e. The van der Waals surface area contributed by atoms with E-state index in [-0.39, 0.29) is 18.3 Å². The topological polar surface area (TPSA) is 31.4 Å². The standard InChI is InChI=1S/C14H22BNO2S/c1-6-9-19-12-8-7-11(10-16-12)15-17-13(2,3)14(4,5)18-15/h7-8,10H,6,9H2,1-5H3. The van der Waals surface area contributed by atoms with Crippen LogP contribution >= 0.6 is 11.8 Å². The first-order valence-electron chi connectivity index (χ1n) is 6.80. The van der Waals surface area contributed by atoms with Crippen LogP contribution < -0.4 is 5.46 Å². The fourth-order valence-corrected chi connectivity index (χ4v) is 2.51. The maximum Gasteiger partial charge on any atom is 0.496 e. The molecule has 104 valence electrons. The highest BCUT2D eigenvalue weighted by molar-refractivity contribution is 7.99. The Morgan fingerprint density at radius 3 is 2.26 bits per heavy atom. The molecule has 1 saturated heterocycles. The van der Waals surface area contributed by atoms with E-state index in [0.717, 1.165) is 22.7 Å². The summed E-state index contributed by atoms with van der Waals surface area (Å²) in [5.74, 6) is 1.10. The molecule has 1 aliphatic rings. The molecule has 0 aromatic carbocycles. The summed E-state index contributed by atoms with van der Waals surface area (Å²) in [6.07, 6.45) is 3.02. The first-order chi connectivity index (χ1) is 8.86. The van der Waals surface area contributed by atoms with E-state index in [2.05, 4.69) is 39.6 Å². The van der Waals surface area contributed by atoms with Crippen LogP contribution in [0.25, 0.3) is 0 Å². The molecule has 2 rings (SSSR count). The summed E-state index contributed by atoms with van der Waals surface area (Å²) in [6.45, 7) is 10.4. The molecule has 0 aliphatic carbocycles. The van der Waals surface area contributed by atoms with Crippen molar-refractivity contribution in [2.45, 2.75) is 57.3 Å². The van der Waals surface area contributed by atoms with Gasteiger partial charge in [-0.3, -0.25) is 4.98 Å². The van der Waals surface area contributed by atoms with E-state index in [1.165, 1.54) is 0 Å². The highest BCUT2D eigenvalue weighted by Crippen LogP contribution is 2.36. The van der Waals surface area contributed by atoms with Crippen LogP contribution in [0.5, 0.6) is 0 Å². The van der Waals surface area contributed by atoms with Crippen LogP contribution in [0, 0.1) is 0 Å². The molecular weight excluding hydrogens is 257 g/mol. The summed E-state index contributed by atoms with van der Waals surface area (Å²) >= 11 is 1.78. The number of rotatable bonds is 4. The molecule has 0 amide bonds. The van der Waals surface area contributed by atoms with Gasteiger partial charge in [-0.25, -0.2) is 0 Å². The van der Waals surface area contributed by atoms with Gasteiger partial charge in [-0.15, -0.1) is 11.8 Å². The fourth-order valence-electron chi connectivity index (χ4n) is 1.80. The predicted molar refractivity (Wildman–Crippen MR) is 81.0 cm³/mol. The number of hydrogen-bond donors (Lipinski definition) is 0. The summed E-state index contributed by atoms with van der Waals surface area (Å²) < 4.78 is 12.0. The molecule has 1 fully saturated rings. The first kappa shape index (κ1) is 14.9. The second-order valence-corrected chi connectivity index (χ2v) is 6.98. The van der Waals surface area contributed by atoms with Gasteiger partial charge in [0.1, 0.15) is 0 Å². The minimum absolute atomic E-state index is 0.298. The molecule has 0 spiro atoms. The van der Waals surface area contributed by atoms with E-state index < -0.39 is 0 Å². The summed E-state index contributed by atoms with van der Waals surface area (Å²) in [5.41, 5.74) is 0.389. The summed E-state index contributed by atoms with van der Waals surface area (Å²) in [6, 6.07) is 4.09. The minimum Gasteiger partial charge on any atom is -0.399 e. The Morgan fingerprint density at radius 1 is 1.16 bits per heavy atom. The highest BCUT2D eigenvalue weighted by Gasteiger charge is 2.51. The Bertz CT molecular complexity index is 418. The molecule has 0 N–H and O–H groups in total. The van der Waals surface area contributed by atoms with E-state index in [1.54, 1.807) is 11.8 Å². The van der Waals surface area contributed by atoms with Crippen LogP contribution in [-0.2, 0) is 9.31 Å². The van der Waals surface area contributed by atoms with Gasteiger partial charge >= 0.3 is 7.12 Å². The zero-order valence-corrected chi connectivity index (χ0v) is 13.2. The van der Waals surface area contributed by atoms with Gasteiger partial charge < -0.3 is 9.31 Å². The van der Waals surface area contributed by atoms with Crippen LogP contribution in [0.3, 0.4) is 0 Å².